The van der Waals surface area contributed by atoms with Crippen molar-refractivity contribution in [2.75, 3.05) is 33.3 Å². The van der Waals surface area contributed by atoms with Crippen LogP contribution in [0.4, 0.5) is 0 Å². The molecule has 1 fully saturated rings. The molecule has 3 heterocycles. The van der Waals surface area contributed by atoms with Gasteiger partial charge < -0.3 is 29.2 Å². The Bertz CT molecular complexity index is 2060. The van der Waals surface area contributed by atoms with E-state index in [1.165, 1.54) is 6.20 Å². The summed E-state index contributed by atoms with van der Waals surface area (Å²) < 4.78 is 19.0. The molecule has 0 unspecified atom stereocenters. The Balaban J connectivity index is 1.17. The highest BCUT2D eigenvalue weighted by molar-refractivity contribution is 6.32. The van der Waals surface area contributed by atoms with Crippen LogP contribution < -0.4 is 14.2 Å². The Labute approximate surface area is 316 Å². The van der Waals surface area contributed by atoms with E-state index in [1.807, 2.05) is 44.4 Å². The number of hydrogen-bond donors (Lipinski definition) is 2. The predicted octanol–water partition coefficient (Wildman–Crippen LogP) is 7.55. The summed E-state index contributed by atoms with van der Waals surface area (Å²) in [5.74, 6) is 2.90. The lowest BCUT2D eigenvalue weighted by Gasteiger charge is -2.20. The molecule has 2 aromatic heterocycles. The fraction of sp³-hybridized carbons (Fsp3) is 0.357. The molecule has 0 amide bonds. The number of aliphatic hydroxyl groups excluding tert-OH is 1. The van der Waals surface area contributed by atoms with E-state index in [2.05, 4.69) is 68.9 Å². The van der Waals surface area contributed by atoms with Crippen molar-refractivity contribution in [3.63, 3.8) is 0 Å². The molecule has 1 aliphatic rings. The van der Waals surface area contributed by atoms with Gasteiger partial charge in [-0.15, -0.1) is 0 Å². The van der Waals surface area contributed by atoms with E-state index in [-0.39, 0.29) is 12.7 Å². The zero-order valence-corrected chi connectivity index (χ0v) is 31.6. The van der Waals surface area contributed by atoms with Crippen LogP contribution >= 0.6 is 11.6 Å². The summed E-state index contributed by atoms with van der Waals surface area (Å²) >= 11 is 6.88. The van der Waals surface area contributed by atoms with Gasteiger partial charge in [0.2, 0.25) is 0 Å². The Kier molecular flexibility index (Phi) is 12.7. The van der Waals surface area contributed by atoms with E-state index in [1.54, 1.807) is 12.3 Å². The van der Waals surface area contributed by atoms with Gasteiger partial charge in [-0.3, -0.25) is 9.88 Å². The number of β-amino-alcohol motifs (C(OH)–C–C–N with tert-alkyl or cyclic N) is 1. The van der Waals surface area contributed by atoms with Gasteiger partial charge in [0.25, 0.3) is 0 Å². The first-order chi connectivity index (χ1) is 25.7. The molecule has 0 spiro atoms. The minimum absolute atomic E-state index is 0.202. The number of aromatic amines is 1. The van der Waals surface area contributed by atoms with Crippen molar-refractivity contribution in [3.8, 4) is 34.4 Å². The van der Waals surface area contributed by atoms with Crippen molar-refractivity contribution in [2.24, 2.45) is 0 Å². The topological polar surface area (TPSA) is 120 Å². The summed E-state index contributed by atoms with van der Waals surface area (Å²) in [6.07, 6.45) is 6.67. The summed E-state index contributed by atoms with van der Waals surface area (Å²) in [6, 6.07) is 20.1. The van der Waals surface area contributed by atoms with E-state index in [0.29, 0.717) is 48.4 Å². The number of aromatic nitrogens is 3. The summed E-state index contributed by atoms with van der Waals surface area (Å²) in [6.45, 7) is 11.1. The molecule has 1 aliphatic heterocycles. The first kappa shape index (κ1) is 37.8. The number of nitrogens with zero attached hydrogens (tertiary/aromatic N) is 5. The van der Waals surface area contributed by atoms with Crippen LogP contribution in [0, 0.1) is 32.1 Å². The lowest BCUT2D eigenvalue weighted by molar-refractivity contribution is 0.173. The van der Waals surface area contributed by atoms with Crippen LogP contribution in [0.15, 0.2) is 73.2 Å². The molecule has 3 aromatic carbocycles. The molecule has 0 bridgehead atoms. The molecular formula is C42H47ClN6O4. The third-order valence-electron chi connectivity index (χ3n) is 9.58. The maximum Gasteiger partial charge on any atom is 0.142 e. The highest BCUT2D eigenvalue weighted by Gasteiger charge is 2.20. The van der Waals surface area contributed by atoms with E-state index >= 15 is 0 Å². The number of hydrogen-bond acceptors (Lipinski definition) is 9. The summed E-state index contributed by atoms with van der Waals surface area (Å²) in [5, 5.41) is 19.6. The first-order valence-corrected chi connectivity index (χ1v) is 18.4. The Hall–Kier alpha value is -4.92. The Morgan fingerprint density at radius 1 is 0.943 bits per heavy atom. The summed E-state index contributed by atoms with van der Waals surface area (Å²) in [4.78, 5) is 16.4. The molecule has 0 aliphatic carbocycles. The second-order valence-electron chi connectivity index (χ2n) is 13.8. The number of H-pyrrole nitrogens is 1. The number of ether oxygens (including phenoxy) is 3. The molecule has 10 nitrogen and oxygen atoms in total. The van der Waals surface area contributed by atoms with Crippen LogP contribution in [0.2, 0.25) is 5.02 Å². The number of likely N-dealkylation sites (tertiary alicyclic amines) is 1. The second-order valence-corrected chi connectivity index (χ2v) is 14.2. The molecule has 5 aromatic rings. The number of halogens is 1. The zero-order valence-electron chi connectivity index (χ0n) is 30.9. The quantitative estimate of drug-likeness (QED) is 0.0991. The van der Waals surface area contributed by atoms with Crippen LogP contribution in [-0.2, 0) is 26.3 Å². The predicted molar refractivity (Wildman–Crippen MR) is 206 cm³/mol. The molecular weight excluding hydrogens is 688 g/mol. The van der Waals surface area contributed by atoms with Gasteiger partial charge >= 0.3 is 0 Å². The minimum atomic E-state index is -0.202. The van der Waals surface area contributed by atoms with Gasteiger partial charge in [0.1, 0.15) is 42.4 Å². The largest absolute Gasteiger partial charge is 0.493 e. The monoisotopic (exact) mass is 734 g/mol. The fourth-order valence-corrected chi connectivity index (χ4v) is 6.96. The number of benzene rings is 3. The number of nitriles is 1. The number of imidazole rings is 1. The molecule has 6 rings (SSSR count). The lowest BCUT2D eigenvalue weighted by atomic mass is 9.93. The van der Waals surface area contributed by atoms with Crippen molar-refractivity contribution in [3.05, 3.63) is 123 Å². The van der Waals surface area contributed by atoms with Gasteiger partial charge in [0, 0.05) is 62.0 Å². The zero-order chi connectivity index (χ0) is 37.3. The smallest absolute Gasteiger partial charge is 0.142 e. The van der Waals surface area contributed by atoms with Crippen molar-refractivity contribution in [1.29, 1.82) is 5.26 Å². The molecule has 2 N–H and O–H groups in total. The van der Waals surface area contributed by atoms with E-state index in [4.69, 9.17) is 25.8 Å². The maximum absolute atomic E-state index is 9.81. The van der Waals surface area contributed by atoms with E-state index in [9.17, 15) is 10.4 Å². The maximum atomic E-state index is 9.81. The fourth-order valence-electron chi connectivity index (χ4n) is 6.72. The standard InChI is InChI=1S/C42H47ClN6O4/c1-28-20-46-42(47-28)25-48(4)23-34-17-38(43)41(18-40(34)52-26-32-16-31(19-44)21-45-22-32)53-27-33-8-5-9-36(29(33)2)37-10-6-11-39(30(37)3)51-15-7-13-49-14-12-35(50)24-49/h5-6,8-11,16-18,20-22,35,50H,7,12-15,23-27H2,1-4H3,(H,46,47)/t35-/m1/s1. The van der Waals surface area contributed by atoms with Crippen molar-refractivity contribution < 1.29 is 19.3 Å². The number of pyridine rings is 1. The molecule has 1 atom stereocenters. The molecule has 0 radical (unpaired) electrons. The van der Waals surface area contributed by atoms with Crippen LogP contribution in [0.25, 0.3) is 11.1 Å². The molecule has 53 heavy (non-hydrogen) atoms. The van der Waals surface area contributed by atoms with Gasteiger partial charge in [0.15, 0.2) is 0 Å². The van der Waals surface area contributed by atoms with Crippen molar-refractivity contribution >= 4 is 11.6 Å². The van der Waals surface area contributed by atoms with E-state index in [0.717, 1.165) is 88.7 Å². The molecule has 1 saturated heterocycles. The van der Waals surface area contributed by atoms with Crippen LogP contribution in [0.3, 0.4) is 0 Å². The van der Waals surface area contributed by atoms with E-state index < -0.39 is 0 Å². The normalized spacial score (nSPS) is 14.4. The average Bonchev–Trinajstić information content (AvgIpc) is 3.76. The third-order valence-corrected chi connectivity index (χ3v) is 9.87. The van der Waals surface area contributed by atoms with Gasteiger partial charge in [0.05, 0.1) is 35.5 Å². The molecule has 11 heteroatoms. The Morgan fingerprint density at radius 2 is 1.74 bits per heavy atom. The third kappa shape index (κ3) is 9.95. The lowest BCUT2D eigenvalue weighted by Crippen LogP contribution is -2.24. The van der Waals surface area contributed by atoms with Crippen LogP contribution in [0.1, 0.15) is 57.7 Å². The number of aryl methyl sites for hydroxylation is 1. The number of aliphatic hydroxyl groups is 1. The first-order valence-electron chi connectivity index (χ1n) is 18.0. The van der Waals surface area contributed by atoms with Gasteiger partial charge in [-0.05, 0) is 86.7 Å². The van der Waals surface area contributed by atoms with Gasteiger partial charge in [-0.1, -0.05) is 41.9 Å². The number of rotatable bonds is 16. The SMILES string of the molecule is Cc1c[nH]c(CN(C)Cc2cc(Cl)c(OCc3cccc(-c4cccc(OCCCN5CC[C@@H](O)C5)c4C)c3C)cc2OCc2cncc(C#N)c2)n1. The Morgan fingerprint density at radius 3 is 2.49 bits per heavy atom. The van der Waals surface area contributed by atoms with Crippen molar-refractivity contribution in [2.45, 2.75) is 66.0 Å². The van der Waals surface area contributed by atoms with Crippen LogP contribution in [0.5, 0.6) is 17.2 Å². The summed E-state index contributed by atoms with van der Waals surface area (Å²) in [5.41, 5.74) is 8.57. The summed E-state index contributed by atoms with van der Waals surface area (Å²) in [7, 11) is 2.02. The highest BCUT2D eigenvalue weighted by atomic mass is 35.5. The number of nitrogens with one attached hydrogen (secondary N) is 1. The minimum Gasteiger partial charge on any atom is -0.493 e. The highest BCUT2D eigenvalue weighted by Crippen LogP contribution is 2.37. The molecule has 276 valence electrons. The second kappa shape index (κ2) is 17.7. The van der Waals surface area contributed by atoms with Gasteiger partial charge in [-0.2, -0.15) is 5.26 Å². The van der Waals surface area contributed by atoms with Crippen LogP contribution in [-0.4, -0.2) is 69.3 Å². The average molecular weight is 735 g/mol. The van der Waals surface area contributed by atoms with Gasteiger partial charge in [-0.25, -0.2) is 4.98 Å². The van der Waals surface area contributed by atoms with Crippen molar-refractivity contribution in [1.82, 2.24) is 24.8 Å². The molecule has 0 saturated carbocycles.